The molecule has 2 saturated heterocycles. The number of likely N-dealkylation sites (N-methyl/N-ethyl adjacent to an activating group) is 1. The first-order valence-electron chi connectivity index (χ1n) is 9.67. The Morgan fingerprint density at radius 2 is 1.72 bits per heavy atom. The summed E-state index contributed by atoms with van der Waals surface area (Å²) < 4.78 is 0. The van der Waals surface area contributed by atoms with Gasteiger partial charge in [0.2, 0.25) is 5.91 Å². The van der Waals surface area contributed by atoms with Crippen LogP contribution < -0.4 is 0 Å². The second kappa shape index (κ2) is 10.2. The largest absolute Gasteiger partial charge is 0.335 e. The number of halogens is 4. The maximum Gasteiger partial charge on any atom is 0.230 e. The Morgan fingerprint density at radius 3 is 2.41 bits per heavy atom. The van der Waals surface area contributed by atoms with Crippen molar-refractivity contribution < 1.29 is 9.59 Å². The van der Waals surface area contributed by atoms with Crippen LogP contribution in [0.5, 0.6) is 0 Å². The van der Waals surface area contributed by atoms with Crippen LogP contribution >= 0.6 is 48.0 Å². The number of piperazine rings is 1. The fraction of sp³-hybridized carbons (Fsp3) is 0.600. The minimum atomic E-state index is -0.438. The monoisotopic (exact) mass is 481 g/mol. The minimum Gasteiger partial charge on any atom is -0.335 e. The Labute approximate surface area is 194 Å². The Kier molecular flexibility index (Phi) is 8.66. The third-order valence-corrected chi connectivity index (χ3v) is 6.81. The predicted molar refractivity (Wildman–Crippen MR) is 121 cm³/mol. The van der Waals surface area contributed by atoms with Crippen LogP contribution in [-0.2, 0) is 4.79 Å². The molecule has 29 heavy (non-hydrogen) atoms. The Balaban J connectivity index is 0.00000150. The molecule has 162 valence electrons. The van der Waals surface area contributed by atoms with Crippen molar-refractivity contribution >= 4 is 59.7 Å². The Bertz CT molecular complexity index is 770. The average Bonchev–Trinajstić information content (AvgIpc) is 3.24. The van der Waals surface area contributed by atoms with Gasteiger partial charge in [0.05, 0.1) is 22.0 Å². The van der Waals surface area contributed by atoms with Crippen LogP contribution in [0, 0.1) is 0 Å². The van der Waals surface area contributed by atoms with Gasteiger partial charge in [0.1, 0.15) is 0 Å². The molecular weight excluding hydrogens is 456 g/mol. The lowest BCUT2D eigenvalue weighted by molar-refractivity contribution is -0.138. The summed E-state index contributed by atoms with van der Waals surface area (Å²) >= 11 is 12.3. The van der Waals surface area contributed by atoms with E-state index in [1.165, 1.54) is 12.8 Å². The van der Waals surface area contributed by atoms with E-state index in [1.807, 2.05) is 4.90 Å². The number of hydrogen-bond donors (Lipinski definition) is 0. The number of amides is 1. The minimum absolute atomic E-state index is 0. The van der Waals surface area contributed by atoms with Crippen LogP contribution in [0.4, 0.5) is 0 Å². The van der Waals surface area contributed by atoms with Crippen LogP contribution in [0.2, 0.25) is 10.0 Å². The highest BCUT2D eigenvalue weighted by atomic mass is 35.5. The van der Waals surface area contributed by atoms with Gasteiger partial charge in [-0.2, -0.15) is 0 Å². The van der Waals surface area contributed by atoms with Crippen molar-refractivity contribution in [2.75, 3.05) is 46.3 Å². The van der Waals surface area contributed by atoms with E-state index in [0.717, 1.165) is 38.3 Å². The number of hydrogen-bond acceptors (Lipinski definition) is 4. The van der Waals surface area contributed by atoms with E-state index < -0.39 is 5.92 Å². The first kappa shape index (κ1) is 24.7. The molecule has 2 heterocycles. The first-order chi connectivity index (χ1) is 12.9. The number of Topliss-reactive ketones (excluding diaryl/α,β-unsaturated/α-hetero) is 1. The number of carbonyl (C=O) groups excluding carboxylic acids is 2. The maximum atomic E-state index is 13.5. The third kappa shape index (κ3) is 5.03. The third-order valence-electron chi connectivity index (χ3n) is 6.09. The fourth-order valence-corrected chi connectivity index (χ4v) is 4.97. The van der Waals surface area contributed by atoms with Crippen molar-refractivity contribution in [1.82, 2.24) is 14.7 Å². The van der Waals surface area contributed by atoms with Crippen LogP contribution in [0.15, 0.2) is 12.1 Å². The molecule has 1 aromatic rings. The molecule has 2 aliphatic heterocycles. The lowest BCUT2D eigenvalue weighted by atomic mass is 9.98. The standard InChI is InChI=1S/C20H25Cl2N3O2.2ClH/c1-23-6-7-25(13(11-23)12-24-4-2-3-5-24)20(27)16-10-19(26)15-9-18(22)17(21)8-14(15)16;;/h8-9,13,16H,2-7,10-12H2,1H3;2*1H. The zero-order valence-electron chi connectivity index (χ0n) is 16.4. The van der Waals surface area contributed by atoms with Crippen molar-refractivity contribution in [2.45, 2.75) is 31.2 Å². The van der Waals surface area contributed by atoms with E-state index in [9.17, 15) is 9.59 Å². The van der Waals surface area contributed by atoms with Crippen LogP contribution in [0.3, 0.4) is 0 Å². The molecule has 0 aromatic heterocycles. The smallest absolute Gasteiger partial charge is 0.230 e. The van der Waals surface area contributed by atoms with Gasteiger partial charge >= 0.3 is 0 Å². The number of benzene rings is 1. The highest BCUT2D eigenvalue weighted by molar-refractivity contribution is 6.42. The van der Waals surface area contributed by atoms with E-state index in [1.54, 1.807) is 12.1 Å². The molecule has 3 aliphatic rings. The summed E-state index contributed by atoms with van der Waals surface area (Å²) in [5, 5.41) is 0.762. The lowest BCUT2D eigenvalue weighted by Gasteiger charge is -2.42. The molecule has 0 N–H and O–H groups in total. The van der Waals surface area contributed by atoms with Gasteiger partial charge in [0.15, 0.2) is 5.78 Å². The van der Waals surface area contributed by atoms with E-state index >= 15 is 0 Å². The van der Waals surface area contributed by atoms with Crippen molar-refractivity contribution in [3.05, 3.63) is 33.3 Å². The zero-order chi connectivity index (χ0) is 19.1. The van der Waals surface area contributed by atoms with E-state index in [2.05, 4.69) is 16.8 Å². The van der Waals surface area contributed by atoms with Crippen molar-refractivity contribution in [1.29, 1.82) is 0 Å². The molecule has 0 radical (unpaired) electrons. The summed E-state index contributed by atoms with van der Waals surface area (Å²) in [5.74, 6) is -0.406. The summed E-state index contributed by atoms with van der Waals surface area (Å²) in [4.78, 5) is 32.7. The quantitative estimate of drug-likeness (QED) is 0.658. The Hall–Kier alpha value is -0.560. The molecule has 4 rings (SSSR count). The molecule has 1 aliphatic carbocycles. The summed E-state index contributed by atoms with van der Waals surface area (Å²) in [5.41, 5.74) is 1.28. The highest BCUT2D eigenvalue weighted by Crippen LogP contribution is 2.39. The predicted octanol–water partition coefficient (Wildman–Crippen LogP) is 3.75. The van der Waals surface area contributed by atoms with Gasteiger partial charge in [-0.1, -0.05) is 23.2 Å². The summed E-state index contributed by atoms with van der Waals surface area (Å²) in [6, 6.07) is 3.48. The van der Waals surface area contributed by atoms with Gasteiger partial charge in [-0.05, 0) is 50.7 Å². The molecule has 1 aromatic carbocycles. The fourth-order valence-electron chi connectivity index (χ4n) is 4.64. The number of fused-ring (bicyclic) bond motifs is 1. The van der Waals surface area contributed by atoms with Crippen molar-refractivity contribution in [3.63, 3.8) is 0 Å². The molecule has 2 atom stereocenters. The normalized spacial score (nSPS) is 24.8. The van der Waals surface area contributed by atoms with E-state index in [-0.39, 0.29) is 49.0 Å². The number of likely N-dealkylation sites (tertiary alicyclic amines) is 1. The average molecular weight is 483 g/mol. The van der Waals surface area contributed by atoms with Gasteiger partial charge in [-0.3, -0.25) is 9.59 Å². The number of ketones is 1. The first-order valence-corrected chi connectivity index (χ1v) is 10.4. The summed E-state index contributed by atoms with van der Waals surface area (Å²) in [6.07, 6.45) is 2.69. The molecule has 9 heteroatoms. The molecule has 0 bridgehead atoms. The SMILES string of the molecule is CN1CCN(C(=O)C2CC(=O)c3cc(Cl)c(Cl)cc32)C(CN2CCCC2)C1.Cl.Cl. The molecule has 0 spiro atoms. The molecule has 2 unspecified atom stereocenters. The van der Waals surface area contributed by atoms with Gasteiger partial charge in [-0.15, -0.1) is 24.8 Å². The van der Waals surface area contributed by atoms with Gasteiger partial charge < -0.3 is 14.7 Å². The molecular formula is C20H27Cl4N3O2. The van der Waals surface area contributed by atoms with Gasteiger partial charge in [-0.25, -0.2) is 0 Å². The van der Waals surface area contributed by atoms with E-state index in [4.69, 9.17) is 23.2 Å². The van der Waals surface area contributed by atoms with Crippen LogP contribution in [-0.4, -0.2) is 78.7 Å². The van der Waals surface area contributed by atoms with E-state index in [0.29, 0.717) is 22.2 Å². The molecule has 0 saturated carbocycles. The number of nitrogens with zero attached hydrogens (tertiary/aromatic N) is 3. The van der Waals surface area contributed by atoms with Gasteiger partial charge in [0.25, 0.3) is 0 Å². The second-order valence-electron chi connectivity index (χ2n) is 7.99. The topological polar surface area (TPSA) is 43.9 Å². The van der Waals surface area contributed by atoms with Gasteiger partial charge in [0, 0.05) is 38.2 Å². The Morgan fingerprint density at radius 1 is 1.07 bits per heavy atom. The zero-order valence-corrected chi connectivity index (χ0v) is 19.5. The maximum absolute atomic E-state index is 13.5. The number of carbonyl (C=O) groups is 2. The molecule has 5 nitrogen and oxygen atoms in total. The summed E-state index contributed by atoms with van der Waals surface area (Å²) in [7, 11) is 2.11. The van der Waals surface area contributed by atoms with Crippen LogP contribution in [0.25, 0.3) is 0 Å². The number of rotatable bonds is 3. The van der Waals surface area contributed by atoms with Crippen molar-refractivity contribution in [3.8, 4) is 0 Å². The highest BCUT2D eigenvalue weighted by Gasteiger charge is 2.40. The molecule has 2 fully saturated rings. The lowest BCUT2D eigenvalue weighted by Crippen LogP contribution is -2.58. The van der Waals surface area contributed by atoms with Crippen molar-refractivity contribution in [2.24, 2.45) is 0 Å². The van der Waals surface area contributed by atoms with Crippen LogP contribution in [0.1, 0.15) is 41.1 Å². The summed E-state index contributed by atoms with van der Waals surface area (Å²) in [6.45, 7) is 5.57. The second-order valence-corrected chi connectivity index (χ2v) is 8.80. The molecule has 1 amide bonds.